The van der Waals surface area contributed by atoms with E-state index < -0.39 is 34.1 Å². The molecule has 2 rings (SSSR count). The number of hydrogen-bond donors (Lipinski definition) is 0. The van der Waals surface area contributed by atoms with E-state index in [9.17, 15) is 22.8 Å². The Morgan fingerprint density at radius 1 is 1.17 bits per heavy atom. The van der Waals surface area contributed by atoms with Crippen LogP contribution in [-0.2, 0) is 0 Å². The highest BCUT2D eigenvalue weighted by Crippen LogP contribution is 2.40. The third-order valence-electron chi connectivity index (χ3n) is 3.26. The van der Waals surface area contributed by atoms with Gasteiger partial charge in [-0.15, -0.1) is 0 Å². The highest BCUT2D eigenvalue weighted by molar-refractivity contribution is 8.14. The fraction of sp³-hybridized carbons (Fsp3) is 0.176. The maximum absolute atomic E-state index is 13.5. The van der Waals surface area contributed by atoms with Gasteiger partial charge in [0, 0.05) is 23.1 Å². The molecule has 1 atom stereocenters. The van der Waals surface area contributed by atoms with Crippen LogP contribution >= 0.6 is 10.5 Å². The van der Waals surface area contributed by atoms with Gasteiger partial charge in [0.25, 0.3) is 6.43 Å². The lowest BCUT2D eigenvalue weighted by molar-refractivity contribution is 0.147. The Kier molecular flexibility index (Phi) is 5.62. The van der Waals surface area contributed by atoms with E-state index in [1.54, 1.807) is 24.6 Å². The molecule has 0 aliphatic rings. The van der Waals surface area contributed by atoms with E-state index >= 15 is 0 Å². The lowest BCUT2D eigenvalue weighted by Crippen LogP contribution is -1.99. The van der Waals surface area contributed by atoms with E-state index in [1.165, 1.54) is 12.1 Å². The van der Waals surface area contributed by atoms with Crippen molar-refractivity contribution in [3.05, 3.63) is 53.1 Å². The molecule has 24 heavy (non-hydrogen) atoms. The Morgan fingerprint density at radius 2 is 1.79 bits per heavy atom. The summed E-state index contributed by atoms with van der Waals surface area (Å²) in [6.07, 6.45) is -1.17. The average Bonchev–Trinajstić information content (AvgIpc) is 2.52. The van der Waals surface area contributed by atoms with E-state index in [1.807, 2.05) is 0 Å². The van der Waals surface area contributed by atoms with Crippen molar-refractivity contribution >= 4 is 15.9 Å². The van der Waals surface area contributed by atoms with Crippen molar-refractivity contribution < 1.29 is 22.3 Å². The minimum absolute atomic E-state index is 0.177. The molecule has 0 amide bonds. The number of alkyl halides is 2. The molecule has 7 heteroatoms. The van der Waals surface area contributed by atoms with Crippen LogP contribution in [0.3, 0.4) is 0 Å². The predicted octanol–water partition coefficient (Wildman–Crippen LogP) is 5.65. The van der Waals surface area contributed by atoms with Crippen LogP contribution in [0.2, 0.25) is 0 Å². The van der Waals surface area contributed by atoms with Crippen LogP contribution in [0.15, 0.2) is 35.2 Å². The third-order valence-corrected chi connectivity index (χ3v) is 5.00. The average molecular weight is 355 g/mol. The van der Waals surface area contributed by atoms with Crippen molar-refractivity contribution in [3.8, 4) is 17.6 Å². The van der Waals surface area contributed by atoms with Crippen molar-refractivity contribution in [2.75, 3.05) is 6.26 Å². The van der Waals surface area contributed by atoms with E-state index in [0.717, 1.165) is 12.1 Å². The zero-order chi connectivity index (χ0) is 17.9. The van der Waals surface area contributed by atoms with Gasteiger partial charge >= 0.3 is 0 Å². The van der Waals surface area contributed by atoms with Crippen LogP contribution in [0.4, 0.5) is 17.6 Å². The molecule has 126 valence electrons. The van der Waals surface area contributed by atoms with Crippen molar-refractivity contribution in [1.29, 1.82) is 5.26 Å². The van der Waals surface area contributed by atoms with Crippen LogP contribution < -0.4 is 4.74 Å². The topological polar surface area (TPSA) is 33.0 Å². The van der Waals surface area contributed by atoms with E-state index in [4.69, 9.17) is 4.74 Å². The SMILES string of the molecule is C/C=S(/C)c1ccc(Oc2cc(F)cc(F)c2)c(C(F)F)c1C#N. The lowest BCUT2D eigenvalue weighted by atomic mass is 10.1. The molecule has 0 spiro atoms. The van der Waals surface area contributed by atoms with Gasteiger partial charge in [0.05, 0.1) is 11.1 Å². The Morgan fingerprint density at radius 3 is 2.29 bits per heavy atom. The smallest absolute Gasteiger partial charge is 0.268 e. The van der Waals surface area contributed by atoms with E-state index in [-0.39, 0.29) is 17.1 Å². The molecule has 0 bridgehead atoms. The van der Waals surface area contributed by atoms with Crippen molar-refractivity contribution in [3.63, 3.8) is 0 Å². The molecule has 0 fully saturated rings. The van der Waals surface area contributed by atoms with Crippen molar-refractivity contribution in [2.24, 2.45) is 0 Å². The number of nitrogens with zero attached hydrogens (tertiary/aromatic N) is 1. The Bertz CT molecular complexity index is 823. The van der Waals surface area contributed by atoms with E-state index in [2.05, 4.69) is 0 Å². The van der Waals surface area contributed by atoms with Gasteiger partial charge in [0.1, 0.15) is 29.2 Å². The second-order valence-corrected chi connectivity index (χ2v) is 6.79. The van der Waals surface area contributed by atoms with Crippen LogP contribution in [0, 0.1) is 23.0 Å². The molecule has 0 radical (unpaired) electrons. The second-order valence-electron chi connectivity index (χ2n) is 4.76. The summed E-state index contributed by atoms with van der Waals surface area (Å²) in [5.74, 6) is -2.35. The number of nitriles is 1. The molecule has 2 aromatic rings. The quantitative estimate of drug-likeness (QED) is 0.525. The monoisotopic (exact) mass is 355 g/mol. The number of rotatable bonds is 4. The standard InChI is InChI=1S/C17H13F4NOS/c1-3-24(2)15-5-4-14(16(17(20)21)13(15)9-22)23-12-7-10(18)6-11(19)8-12/h3-8,17H,1-2H3. The zero-order valence-corrected chi connectivity index (χ0v) is 13.6. The van der Waals surface area contributed by atoms with Gasteiger partial charge in [-0.3, -0.25) is 0 Å². The first-order valence-corrected chi connectivity index (χ1v) is 8.50. The molecule has 0 aromatic heterocycles. The predicted molar refractivity (Wildman–Crippen MR) is 86.1 cm³/mol. The van der Waals surface area contributed by atoms with Crippen molar-refractivity contribution in [1.82, 2.24) is 0 Å². The van der Waals surface area contributed by atoms with Gasteiger partial charge in [-0.25, -0.2) is 17.6 Å². The van der Waals surface area contributed by atoms with Crippen LogP contribution in [-0.4, -0.2) is 11.6 Å². The van der Waals surface area contributed by atoms with Gasteiger partial charge in [-0.1, -0.05) is 5.37 Å². The first-order valence-electron chi connectivity index (χ1n) is 6.80. The molecule has 0 N–H and O–H groups in total. The number of benzene rings is 2. The van der Waals surface area contributed by atoms with Crippen LogP contribution in [0.25, 0.3) is 0 Å². The van der Waals surface area contributed by atoms with Gasteiger partial charge in [0.15, 0.2) is 0 Å². The highest BCUT2D eigenvalue weighted by atomic mass is 32.2. The summed E-state index contributed by atoms with van der Waals surface area (Å²) >= 11 is 0. The number of halogens is 4. The molecule has 0 saturated carbocycles. The summed E-state index contributed by atoms with van der Waals surface area (Å²) in [7, 11) is -0.497. The number of hydrogen-bond acceptors (Lipinski definition) is 2. The van der Waals surface area contributed by atoms with Gasteiger partial charge in [-0.05, 0) is 25.3 Å². The molecular formula is C17H13F4NOS. The Hall–Kier alpha value is -2.33. The highest BCUT2D eigenvalue weighted by Gasteiger charge is 2.23. The van der Waals surface area contributed by atoms with Gasteiger partial charge in [-0.2, -0.15) is 15.7 Å². The molecule has 0 aliphatic heterocycles. The maximum atomic E-state index is 13.5. The summed E-state index contributed by atoms with van der Waals surface area (Å²) in [5, 5.41) is 11.1. The summed E-state index contributed by atoms with van der Waals surface area (Å²) in [4.78, 5) is 0.466. The molecule has 0 heterocycles. The first-order chi connectivity index (χ1) is 11.4. The normalized spacial score (nSPS) is 12.2. The fourth-order valence-electron chi connectivity index (χ4n) is 2.11. The molecule has 0 saturated heterocycles. The largest absolute Gasteiger partial charge is 0.457 e. The van der Waals surface area contributed by atoms with Gasteiger partial charge in [0.2, 0.25) is 0 Å². The zero-order valence-electron chi connectivity index (χ0n) is 12.8. The third kappa shape index (κ3) is 3.77. The summed E-state index contributed by atoms with van der Waals surface area (Å²) in [5.41, 5.74) is -0.760. The molecule has 2 nitrogen and oxygen atoms in total. The van der Waals surface area contributed by atoms with E-state index in [0.29, 0.717) is 11.0 Å². The Labute approximate surface area is 139 Å². The second kappa shape index (κ2) is 7.49. The van der Waals surface area contributed by atoms with Crippen LogP contribution in [0.5, 0.6) is 11.5 Å². The molecule has 1 unspecified atom stereocenters. The molecule has 0 aliphatic carbocycles. The molecule has 2 aromatic carbocycles. The summed E-state index contributed by atoms with van der Waals surface area (Å²) in [6, 6.07) is 6.98. The maximum Gasteiger partial charge on any atom is 0.268 e. The van der Waals surface area contributed by atoms with Crippen LogP contribution in [0.1, 0.15) is 24.5 Å². The summed E-state index contributed by atoms with van der Waals surface area (Å²) < 4.78 is 58.7. The first kappa shape index (κ1) is 18.0. The number of ether oxygens (including phenoxy) is 1. The fourth-order valence-corrected chi connectivity index (χ4v) is 3.13. The van der Waals surface area contributed by atoms with Crippen molar-refractivity contribution in [2.45, 2.75) is 18.2 Å². The lowest BCUT2D eigenvalue weighted by Gasteiger charge is -2.15. The Balaban J connectivity index is 2.60. The molecular weight excluding hydrogens is 342 g/mol. The minimum Gasteiger partial charge on any atom is -0.457 e. The minimum atomic E-state index is -2.97. The van der Waals surface area contributed by atoms with Gasteiger partial charge < -0.3 is 4.74 Å². The summed E-state index contributed by atoms with van der Waals surface area (Å²) in [6.45, 7) is 1.77.